The van der Waals surface area contributed by atoms with Gasteiger partial charge in [0.1, 0.15) is 0 Å². The van der Waals surface area contributed by atoms with E-state index in [4.69, 9.17) is 9.84 Å². The molecular weight excluding hydrogens is 218 g/mol. The number of rotatable bonds is 9. The van der Waals surface area contributed by atoms with Crippen LogP contribution in [0.25, 0.3) is 0 Å². The average Bonchev–Trinajstić information content (AvgIpc) is 2.79. The van der Waals surface area contributed by atoms with Crippen molar-refractivity contribution in [3.8, 4) is 0 Å². The van der Waals surface area contributed by atoms with Crippen molar-refractivity contribution in [3.63, 3.8) is 0 Å². The van der Waals surface area contributed by atoms with Crippen LogP contribution in [0.4, 0.5) is 5.69 Å². The maximum atomic E-state index is 8.55. The number of nitrogens with zero attached hydrogens (tertiary/aromatic N) is 2. The van der Waals surface area contributed by atoms with Crippen LogP contribution < -0.4 is 5.32 Å². The van der Waals surface area contributed by atoms with Crippen LogP contribution >= 0.6 is 0 Å². The molecule has 0 spiro atoms. The molecule has 0 aliphatic rings. The molecule has 0 saturated heterocycles. The quantitative estimate of drug-likeness (QED) is 0.503. The third kappa shape index (κ3) is 5.51. The lowest BCUT2D eigenvalue weighted by Crippen LogP contribution is -2.08. The largest absolute Gasteiger partial charge is 0.394 e. The molecule has 17 heavy (non-hydrogen) atoms. The molecule has 0 unspecified atom stereocenters. The molecule has 0 aliphatic carbocycles. The summed E-state index contributed by atoms with van der Waals surface area (Å²) in [5.74, 6) is 0. The number of aliphatic hydroxyl groups excluding tert-OH is 1. The summed E-state index contributed by atoms with van der Waals surface area (Å²) in [6.45, 7) is 8.49. The molecule has 5 heteroatoms. The summed E-state index contributed by atoms with van der Waals surface area (Å²) < 4.78 is 6.98. The number of anilines is 1. The van der Waals surface area contributed by atoms with Gasteiger partial charge in [0.25, 0.3) is 0 Å². The van der Waals surface area contributed by atoms with E-state index in [2.05, 4.69) is 23.9 Å². The van der Waals surface area contributed by atoms with E-state index < -0.39 is 0 Å². The highest BCUT2D eigenvalue weighted by atomic mass is 16.5. The Morgan fingerprint density at radius 3 is 3.12 bits per heavy atom. The van der Waals surface area contributed by atoms with Crippen LogP contribution in [0, 0.1) is 0 Å². The first kappa shape index (κ1) is 13.7. The van der Waals surface area contributed by atoms with E-state index in [0.29, 0.717) is 19.8 Å². The van der Waals surface area contributed by atoms with Crippen molar-refractivity contribution in [2.75, 3.05) is 31.7 Å². The Hall–Kier alpha value is -1.33. The minimum absolute atomic E-state index is 0.0606. The molecule has 0 atom stereocenters. The van der Waals surface area contributed by atoms with E-state index in [1.807, 2.05) is 10.9 Å². The van der Waals surface area contributed by atoms with E-state index in [1.54, 1.807) is 6.20 Å². The highest BCUT2D eigenvalue weighted by Gasteiger charge is 1.98. The zero-order valence-corrected chi connectivity index (χ0v) is 10.4. The first-order valence-corrected chi connectivity index (χ1v) is 5.87. The monoisotopic (exact) mass is 239 g/mol. The van der Waals surface area contributed by atoms with E-state index in [9.17, 15) is 0 Å². The summed E-state index contributed by atoms with van der Waals surface area (Å²) in [7, 11) is 0. The third-order valence-corrected chi connectivity index (χ3v) is 2.38. The van der Waals surface area contributed by atoms with Crippen LogP contribution in [0.2, 0.25) is 0 Å². The minimum atomic E-state index is 0.0606. The Morgan fingerprint density at radius 2 is 2.41 bits per heavy atom. The van der Waals surface area contributed by atoms with Gasteiger partial charge in [-0.1, -0.05) is 19.1 Å². The fraction of sp³-hybridized carbons (Fsp3) is 0.583. The van der Waals surface area contributed by atoms with Gasteiger partial charge < -0.3 is 15.2 Å². The van der Waals surface area contributed by atoms with Crippen LogP contribution in [0.15, 0.2) is 24.5 Å². The van der Waals surface area contributed by atoms with Crippen molar-refractivity contribution in [3.05, 3.63) is 24.5 Å². The van der Waals surface area contributed by atoms with Gasteiger partial charge in [-0.2, -0.15) is 5.10 Å². The molecule has 5 nitrogen and oxygen atoms in total. The minimum Gasteiger partial charge on any atom is -0.394 e. The van der Waals surface area contributed by atoms with Crippen LogP contribution in [-0.2, 0) is 11.3 Å². The fourth-order valence-electron chi connectivity index (χ4n) is 1.25. The Bertz CT molecular complexity index is 336. The predicted octanol–water partition coefficient (Wildman–Crippen LogP) is 1.27. The maximum absolute atomic E-state index is 8.55. The number of aliphatic hydroxyl groups is 1. The average molecular weight is 239 g/mol. The Morgan fingerprint density at radius 1 is 1.59 bits per heavy atom. The topological polar surface area (TPSA) is 59.3 Å². The molecule has 2 N–H and O–H groups in total. The Labute approximate surface area is 102 Å². The lowest BCUT2D eigenvalue weighted by Gasteiger charge is -2.04. The molecule has 96 valence electrons. The highest BCUT2D eigenvalue weighted by Crippen LogP contribution is 2.06. The second kappa shape index (κ2) is 7.86. The normalized spacial score (nSPS) is 10.5. The van der Waals surface area contributed by atoms with Crippen molar-refractivity contribution in [1.82, 2.24) is 9.78 Å². The molecule has 0 aromatic carbocycles. The SMILES string of the molecule is C=C(CC)CNc1cnn(CCOCCO)c1. The lowest BCUT2D eigenvalue weighted by atomic mass is 10.2. The van der Waals surface area contributed by atoms with Crippen molar-refractivity contribution >= 4 is 5.69 Å². The van der Waals surface area contributed by atoms with Crippen LogP contribution in [0.1, 0.15) is 13.3 Å². The number of nitrogens with one attached hydrogen (secondary N) is 1. The molecule has 1 aromatic heterocycles. The number of hydrogen-bond donors (Lipinski definition) is 2. The van der Waals surface area contributed by atoms with Gasteiger partial charge in [-0.05, 0) is 6.42 Å². The summed E-state index contributed by atoms with van der Waals surface area (Å²) >= 11 is 0. The third-order valence-electron chi connectivity index (χ3n) is 2.38. The molecule has 0 radical (unpaired) electrons. The van der Waals surface area contributed by atoms with Crippen molar-refractivity contribution in [2.45, 2.75) is 19.9 Å². The molecule has 1 rings (SSSR count). The molecule has 0 bridgehead atoms. The van der Waals surface area contributed by atoms with Crippen molar-refractivity contribution < 1.29 is 9.84 Å². The van der Waals surface area contributed by atoms with E-state index in [-0.39, 0.29) is 6.61 Å². The maximum Gasteiger partial charge on any atom is 0.0729 e. The Kier molecular flexibility index (Phi) is 6.35. The Balaban J connectivity index is 2.25. The van der Waals surface area contributed by atoms with E-state index in [0.717, 1.165) is 18.7 Å². The van der Waals surface area contributed by atoms with Crippen LogP contribution in [-0.4, -0.2) is 41.3 Å². The number of aromatic nitrogens is 2. The van der Waals surface area contributed by atoms with Crippen LogP contribution in [0.3, 0.4) is 0 Å². The summed E-state index contributed by atoms with van der Waals surface area (Å²) in [5, 5.41) is 16.0. The number of hydrogen-bond acceptors (Lipinski definition) is 4. The summed E-state index contributed by atoms with van der Waals surface area (Å²) in [6.07, 6.45) is 4.70. The van der Waals surface area contributed by atoms with Gasteiger partial charge in [0.2, 0.25) is 0 Å². The van der Waals surface area contributed by atoms with Gasteiger partial charge in [-0.15, -0.1) is 0 Å². The summed E-state index contributed by atoms with van der Waals surface area (Å²) in [5.41, 5.74) is 2.16. The second-order valence-electron chi connectivity index (χ2n) is 3.79. The molecule has 0 amide bonds. The van der Waals surface area contributed by atoms with Crippen molar-refractivity contribution in [1.29, 1.82) is 0 Å². The predicted molar refractivity (Wildman–Crippen MR) is 68.1 cm³/mol. The molecule has 1 heterocycles. The zero-order valence-electron chi connectivity index (χ0n) is 10.4. The first-order valence-electron chi connectivity index (χ1n) is 5.87. The van der Waals surface area contributed by atoms with E-state index >= 15 is 0 Å². The smallest absolute Gasteiger partial charge is 0.0729 e. The zero-order chi connectivity index (χ0) is 12.5. The highest BCUT2D eigenvalue weighted by molar-refractivity contribution is 5.39. The van der Waals surface area contributed by atoms with Gasteiger partial charge in [0, 0.05) is 12.7 Å². The van der Waals surface area contributed by atoms with Gasteiger partial charge in [-0.3, -0.25) is 4.68 Å². The second-order valence-corrected chi connectivity index (χ2v) is 3.79. The summed E-state index contributed by atoms with van der Waals surface area (Å²) in [6, 6.07) is 0. The van der Waals surface area contributed by atoms with Gasteiger partial charge in [0.05, 0.1) is 38.2 Å². The molecule has 0 aliphatic heterocycles. The number of ether oxygens (including phenoxy) is 1. The molecule has 1 aromatic rings. The summed E-state index contributed by atoms with van der Waals surface area (Å²) in [4.78, 5) is 0. The van der Waals surface area contributed by atoms with Gasteiger partial charge >= 0.3 is 0 Å². The molecule has 0 fully saturated rings. The van der Waals surface area contributed by atoms with E-state index in [1.165, 1.54) is 5.57 Å². The molecule has 0 saturated carbocycles. The lowest BCUT2D eigenvalue weighted by molar-refractivity contribution is 0.0854. The standard InChI is InChI=1S/C12H21N3O2/c1-3-11(2)8-13-12-9-14-15(10-12)4-6-17-7-5-16/h9-10,13,16H,2-8H2,1H3. The van der Waals surface area contributed by atoms with Gasteiger partial charge in [-0.25, -0.2) is 0 Å². The first-order chi connectivity index (χ1) is 8.26. The molecular formula is C12H21N3O2. The van der Waals surface area contributed by atoms with Crippen LogP contribution in [0.5, 0.6) is 0 Å². The van der Waals surface area contributed by atoms with Crippen molar-refractivity contribution in [2.24, 2.45) is 0 Å². The van der Waals surface area contributed by atoms with Gasteiger partial charge in [0.15, 0.2) is 0 Å². The fourth-order valence-corrected chi connectivity index (χ4v) is 1.25.